The average Bonchev–Trinajstić information content (AvgIpc) is 2.76. The summed E-state index contributed by atoms with van der Waals surface area (Å²) in [4.78, 5) is 3.04. The first-order valence-corrected chi connectivity index (χ1v) is 5.09. The molecule has 0 aliphatic heterocycles. The predicted octanol–water partition coefficient (Wildman–Crippen LogP) is 1.69. The summed E-state index contributed by atoms with van der Waals surface area (Å²) in [5, 5.41) is 11.3. The van der Waals surface area contributed by atoms with Crippen LogP contribution in [-0.4, -0.2) is 11.4 Å². The topological polar surface area (TPSA) is 59.9 Å². The molecule has 0 fully saturated rings. The highest BCUT2D eigenvalue weighted by Crippen LogP contribution is 2.09. The van der Waals surface area contributed by atoms with Gasteiger partial charge in [0.05, 0.1) is 0 Å². The number of aryl methyl sites for hydroxylation is 2. The van der Waals surface area contributed by atoms with Crippen LogP contribution in [-0.2, 0) is 12.8 Å². The quantitative estimate of drug-likeness (QED) is 0.481. The van der Waals surface area contributed by atoms with Crippen molar-refractivity contribution < 1.29 is 14.6 Å². The largest absolute Gasteiger partial charge is 0.460 e. The molecule has 0 unspecified atom stereocenters. The summed E-state index contributed by atoms with van der Waals surface area (Å²) in [5.74, 6) is 1.45. The maximum Gasteiger partial charge on any atom is 0.170 e. The van der Waals surface area contributed by atoms with E-state index in [4.69, 9.17) is 9.62 Å². The molecule has 0 saturated carbocycles. The van der Waals surface area contributed by atoms with Crippen LogP contribution in [0.25, 0.3) is 0 Å². The third-order valence-corrected chi connectivity index (χ3v) is 2.30. The third kappa shape index (κ3) is 2.70. The third-order valence-electron chi connectivity index (χ3n) is 2.30. The van der Waals surface area contributed by atoms with E-state index < -0.39 is 0 Å². The van der Waals surface area contributed by atoms with Crippen LogP contribution in [0, 0.1) is 0 Å². The Balaban J connectivity index is 1.94. The first-order chi connectivity index (χ1) is 7.88. The molecule has 4 heteroatoms. The molecular formula is C12H13N2O2+. The highest BCUT2D eigenvalue weighted by Gasteiger charge is 2.02. The van der Waals surface area contributed by atoms with Crippen molar-refractivity contribution in [2.75, 3.05) is 0 Å². The van der Waals surface area contributed by atoms with Gasteiger partial charge in [-0.2, -0.15) is 0 Å². The van der Waals surface area contributed by atoms with Crippen molar-refractivity contribution in [3.8, 4) is 0 Å². The van der Waals surface area contributed by atoms with Gasteiger partial charge in [-0.3, -0.25) is 0 Å². The number of hydrogen-bond donors (Lipinski definition) is 1. The Labute approximate surface area is 93.2 Å². The lowest BCUT2D eigenvalue weighted by molar-refractivity contribution is -0.378. The number of nitrogens with zero attached hydrogens (tertiary/aromatic N) is 1. The fraction of sp³-hybridized carbons (Fsp3) is 0.167. The second kappa shape index (κ2) is 5.11. The molecule has 0 amide bonds. The predicted molar refractivity (Wildman–Crippen MR) is 58.5 cm³/mol. The monoisotopic (exact) mass is 217 g/mol. The molecular weight excluding hydrogens is 204 g/mol. The van der Waals surface area contributed by atoms with Gasteiger partial charge in [-0.1, -0.05) is 5.16 Å². The molecule has 0 atom stereocenters. The fourth-order valence-electron chi connectivity index (χ4n) is 1.51. The van der Waals surface area contributed by atoms with Crippen molar-refractivity contribution in [2.24, 2.45) is 5.16 Å². The van der Waals surface area contributed by atoms with Crippen LogP contribution in [0.5, 0.6) is 0 Å². The van der Waals surface area contributed by atoms with Gasteiger partial charge in [0.2, 0.25) is 0 Å². The van der Waals surface area contributed by atoms with E-state index in [-0.39, 0.29) is 0 Å². The fourth-order valence-corrected chi connectivity index (χ4v) is 1.51. The molecule has 0 aromatic carbocycles. The van der Waals surface area contributed by atoms with E-state index in [9.17, 15) is 0 Å². The standard InChI is InChI=1S/C12H12N2O2/c15-14-9-12-6-5-11(16-12)4-3-10-2-1-7-13-8-10/h1-2,5-9,15H,3-4H2/p+1/b14-9-. The minimum Gasteiger partial charge on any atom is -0.460 e. The van der Waals surface area contributed by atoms with Crippen LogP contribution in [0.4, 0.5) is 0 Å². The minimum atomic E-state index is 0.567. The second-order valence-corrected chi connectivity index (χ2v) is 3.46. The lowest BCUT2D eigenvalue weighted by Crippen LogP contribution is -2.01. The van der Waals surface area contributed by atoms with Gasteiger partial charge >= 0.3 is 0 Å². The molecule has 2 aromatic rings. The van der Waals surface area contributed by atoms with Crippen molar-refractivity contribution in [2.45, 2.75) is 12.8 Å². The maximum absolute atomic E-state index is 8.34. The number of pyridine rings is 1. The van der Waals surface area contributed by atoms with Gasteiger partial charge in [0, 0.05) is 18.1 Å². The molecule has 2 heterocycles. The van der Waals surface area contributed by atoms with Gasteiger partial charge in [-0.05, 0) is 24.6 Å². The van der Waals surface area contributed by atoms with Gasteiger partial charge < -0.3 is 9.62 Å². The van der Waals surface area contributed by atoms with Crippen LogP contribution in [0.1, 0.15) is 17.1 Å². The highest BCUT2D eigenvalue weighted by molar-refractivity contribution is 5.75. The lowest BCUT2D eigenvalue weighted by Gasteiger charge is -1.95. The molecule has 2 N–H and O–H groups in total. The van der Waals surface area contributed by atoms with Crippen LogP contribution >= 0.6 is 0 Å². The Kier molecular flexibility index (Phi) is 3.33. The van der Waals surface area contributed by atoms with E-state index in [2.05, 4.69) is 16.2 Å². The van der Waals surface area contributed by atoms with Gasteiger partial charge in [0.15, 0.2) is 12.4 Å². The van der Waals surface area contributed by atoms with Crippen LogP contribution in [0.2, 0.25) is 0 Å². The van der Waals surface area contributed by atoms with E-state index in [1.807, 2.05) is 24.5 Å². The summed E-state index contributed by atoms with van der Waals surface area (Å²) in [6, 6.07) is 7.71. The zero-order chi connectivity index (χ0) is 11.2. The molecule has 0 radical (unpaired) electrons. The minimum absolute atomic E-state index is 0.567. The molecule has 0 bridgehead atoms. The van der Waals surface area contributed by atoms with Crippen LogP contribution in [0.15, 0.2) is 46.2 Å². The maximum atomic E-state index is 8.34. The van der Waals surface area contributed by atoms with E-state index in [1.54, 1.807) is 6.07 Å². The van der Waals surface area contributed by atoms with Crippen molar-refractivity contribution in [1.82, 2.24) is 0 Å². The normalized spacial score (nSPS) is 11.0. The molecule has 0 aliphatic rings. The molecule has 2 aromatic heterocycles. The smallest absolute Gasteiger partial charge is 0.170 e. The van der Waals surface area contributed by atoms with Crippen molar-refractivity contribution >= 4 is 6.21 Å². The van der Waals surface area contributed by atoms with Crippen molar-refractivity contribution in [3.05, 3.63) is 53.7 Å². The SMILES string of the molecule is O/N=C\c1ccc(CCc2ccc[nH+]c2)o1. The summed E-state index contributed by atoms with van der Waals surface area (Å²) in [5.41, 5.74) is 1.23. The van der Waals surface area contributed by atoms with Gasteiger partial charge in [-0.15, -0.1) is 0 Å². The number of furan rings is 1. The Morgan fingerprint density at radius 2 is 2.25 bits per heavy atom. The molecule has 82 valence electrons. The number of rotatable bonds is 4. The van der Waals surface area contributed by atoms with Crippen molar-refractivity contribution in [1.29, 1.82) is 0 Å². The number of H-pyrrole nitrogens is 1. The average molecular weight is 217 g/mol. The molecule has 0 aliphatic carbocycles. The molecule has 0 saturated heterocycles. The molecule has 2 rings (SSSR count). The summed E-state index contributed by atoms with van der Waals surface area (Å²) in [6.07, 6.45) is 6.88. The summed E-state index contributed by atoms with van der Waals surface area (Å²) in [6.45, 7) is 0. The first kappa shape index (κ1) is 10.4. The molecule has 16 heavy (non-hydrogen) atoms. The van der Waals surface area contributed by atoms with Crippen LogP contribution in [0.3, 0.4) is 0 Å². The number of oxime groups is 1. The number of nitrogens with one attached hydrogen (secondary N) is 1. The molecule has 0 spiro atoms. The van der Waals surface area contributed by atoms with Gasteiger partial charge in [0.1, 0.15) is 17.7 Å². The first-order valence-electron chi connectivity index (χ1n) is 5.09. The Hall–Kier alpha value is -2.10. The molecule has 4 nitrogen and oxygen atoms in total. The number of aromatic nitrogens is 1. The highest BCUT2D eigenvalue weighted by atomic mass is 16.4. The van der Waals surface area contributed by atoms with E-state index in [1.165, 1.54) is 11.8 Å². The Morgan fingerprint density at radius 3 is 3.00 bits per heavy atom. The van der Waals surface area contributed by atoms with Crippen LogP contribution < -0.4 is 4.98 Å². The lowest BCUT2D eigenvalue weighted by atomic mass is 10.1. The van der Waals surface area contributed by atoms with E-state index in [0.29, 0.717) is 5.76 Å². The summed E-state index contributed by atoms with van der Waals surface area (Å²) >= 11 is 0. The van der Waals surface area contributed by atoms with Crippen molar-refractivity contribution in [3.63, 3.8) is 0 Å². The Bertz CT molecular complexity index is 463. The summed E-state index contributed by atoms with van der Waals surface area (Å²) < 4.78 is 5.43. The van der Waals surface area contributed by atoms with E-state index in [0.717, 1.165) is 18.6 Å². The zero-order valence-corrected chi connectivity index (χ0v) is 8.76. The zero-order valence-electron chi connectivity index (χ0n) is 8.76. The van der Waals surface area contributed by atoms with E-state index >= 15 is 0 Å². The van der Waals surface area contributed by atoms with Gasteiger partial charge in [0.25, 0.3) is 0 Å². The summed E-state index contributed by atoms with van der Waals surface area (Å²) in [7, 11) is 0. The van der Waals surface area contributed by atoms with Gasteiger partial charge in [-0.25, -0.2) is 4.98 Å². The number of hydrogen-bond acceptors (Lipinski definition) is 3. The second-order valence-electron chi connectivity index (χ2n) is 3.46. The number of aromatic amines is 1. The Morgan fingerprint density at radius 1 is 1.31 bits per heavy atom.